The first-order chi connectivity index (χ1) is 23.8. The van der Waals surface area contributed by atoms with Gasteiger partial charge in [-0.1, -0.05) is 195 Å². The summed E-state index contributed by atoms with van der Waals surface area (Å²) in [6, 6.07) is 63.0. The van der Waals surface area contributed by atoms with E-state index in [4.69, 9.17) is 14.2 Å². The van der Waals surface area contributed by atoms with Crippen molar-refractivity contribution in [2.75, 3.05) is 19.8 Å². The Balaban J connectivity index is 1.41. The molecule has 0 aliphatic carbocycles. The highest BCUT2D eigenvalue weighted by molar-refractivity contribution is 5.49. The topological polar surface area (TPSA) is 27.7 Å². The van der Waals surface area contributed by atoms with Crippen molar-refractivity contribution < 1.29 is 14.2 Å². The predicted molar refractivity (Wildman–Crippen MR) is 195 cm³/mol. The van der Waals surface area contributed by atoms with Gasteiger partial charge in [-0.2, -0.15) is 0 Å². The van der Waals surface area contributed by atoms with Crippen LogP contribution in [0.2, 0.25) is 0 Å². The summed E-state index contributed by atoms with van der Waals surface area (Å²) in [5, 5.41) is 0. The molecule has 0 atom stereocenters. The Morgan fingerprint density at radius 2 is 0.646 bits per heavy atom. The van der Waals surface area contributed by atoms with Crippen molar-refractivity contribution in [2.24, 2.45) is 0 Å². The summed E-state index contributed by atoms with van der Waals surface area (Å²) in [6.45, 7) is 3.44. The van der Waals surface area contributed by atoms with Gasteiger partial charge in [0.05, 0.1) is 13.2 Å². The minimum Gasteiger partial charge on any atom is -0.373 e. The van der Waals surface area contributed by atoms with Gasteiger partial charge in [-0.15, -0.1) is 0 Å². The molecular weight excluding hydrogens is 588 g/mol. The second-order valence-corrected chi connectivity index (χ2v) is 12.0. The lowest BCUT2D eigenvalue weighted by molar-refractivity contribution is -0.113. The molecule has 0 amide bonds. The van der Waals surface area contributed by atoms with E-state index in [0.717, 1.165) is 46.2 Å². The number of unbranched alkanes of at least 4 members (excludes halogenated alkanes) is 1. The molecule has 0 radical (unpaired) electrons. The Labute approximate surface area is 285 Å². The number of hydrogen-bond acceptors (Lipinski definition) is 3. The lowest BCUT2D eigenvalue weighted by Crippen LogP contribution is -2.40. The maximum Gasteiger partial charge on any atom is 0.143 e. The molecule has 6 rings (SSSR count). The van der Waals surface area contributed by atoms with Crippen molar-refractivity contribution in [1.29, 1.82) is 0 Å². The van der Waals surface area contributed by atoms with E-state index in [1.807, 2.05) is 36.4 Å². The fraction of sp³-hybridized carbons (Fsp3) is 0.200. The Morgan fingerprint density at radius 1 is 0.396 bits per heavy atom. The third-order valence-corrected chi connectivity index (χ3v) is 8.90. The van der Waals surface area contributed by atoms with E-state index in [1.165, 1.54) is 0 Å². The first-order valence-corrected chi connectivity index (χ1v) is 17.0. The summed E-state index contributed by atoms with van der Waals surface area (Å²) in [5.74, 6) is 0. The van der Waals surface area contributed by atoms with Crippen LogP contribution in [-0.2, 0) is 25.4 Å². The molecule has 0 spiro atoms. The maximum atomic E-state index is 7.26. The molecule has 0 saturated carbocycles. The van der Waals surface area contributed by atoms with Crippen molar-refractivity contribution in [3.63, 3.8) is 0 Å². The number of hydrogen-bond donors (Lipinski definition) is 0. The predicted octanol–water partition coefficient (Wildman–Crippen LogP) is 10.2. The standard InChI is InChI=1S/C45H44O3/c1-2-3-34-46-43(35-47-44(37-22-10-4-11-23-37,38-24-12-5-13-25-38)39-26-14-6-15-27-39)36-48-45(40-28-16-7-17-29-40,41-30-18-8-19-31-41)42-32-20-9-21-33-42/h4-33,43H,2-3,34-36H2,1H3. The van der Waals surface area contributed by atoms with Crippen LogP contribution in [0, 0.1) is 0 Å². The minimum absolute atomic E-state index is 0.316. The molecule has 0 unspecified atom stereocenters. The summed E-state index contributed by atoms with van der Waals surface area (Å²) < 4.78 is 21.2. The molecule has 3 nitrogen and oxygen atoms in total. The van der Waals surface area contributed by atoms with Crippen molar-refractivity contribution in [1.82, 2.24) is 0 Å². The van der Waals surface area contributed by atoms with Gasteiger partial charge in [0, 0.05) is 6.61 Å². The molecular formula is C45H44O3. The van der Waals surface area contributed by atoms with Gasteiger partial charge in [0.15, 0.2) is 0 Å². The zero-order chi connectivity index (χ0) is 32.9. The maximum absolute atomic E-state index is 7.26. The monoisotopic (exact) mass is 632 g/mol. The molecule has 0 fully saturated rings. The first kappa shape index (κ1) is 33.1. The second kappa shape index (κ2) is 16.3. The van der Waals surface area contributed by atoms with Gasteiger partial charge in [0.25, 0.3) is 0 Å². The van der Waals surface area contributed by atoms with Crippen LogP contribution in [0.5, 0.6) is 0 Å². The van der Waals surface area contributed by atoms with Crippen LogP contribution in [0.15, 0.2) is 182 Å². The van der Waals surface area contributed by atoms with E-state index < -0.39 is 11.2 Å². The van der Waals surface area contributed by atoms with Gasteiger partial charge in [-0.05, 0) is 39.8 Å². The molecule has 0 aromatic heterocycles. The molecule has 0 aliphatic heterocycles. The van der Waals surface area contributed by atoms with Gasteiger partial charge in [-0.3, -0.25) is 0 Å². The van der Waals surface area contributed by atoms with Gasteiger partial charge in [0.2, 0.25) is 0 Å². The Morgan fingerprint density at radius 3 is 0.875 bits per heavy atom. The molecule has 6 aromatic rings. The highest BCUT2D eigenvalue weighted by Crippen LogP contribution is 2.42. The first-order valence-electron chi connectivity index (χ1n) is 17.0. The molecule has 0 aliphatic rings. The normalized spacial score (nSPS) is 11.9. The molecule has 0 saturated heterocycles. The molecule has 0 bridgehead atoms. The second-order valence-electron chi connectivity index (χ2n) is 12.0. The Bertz CT molecular complexity index is 1440. The minimum atomic E-state index is -0.856. The molecule has 3 heteroatoms. The van der Waals surface area contributed by atoms with Crippen LogP contribution in [0.25, 0.3) is 0 Å². The quantitative estimate of drug-likeness (QED) is 0.0785. The largest absolute Gasteiger partial charge is 0.373 e. The van der Waals surface area contributed by atoms with Crippen LogP contribution in [0.1, 0.15) is 53.1 Å². The van der Waals surface area contributed by atoms with Crippen LogP contribution < -0.4 is 0 Å². The van der Waals surface area contributed by atoms with E-state index in [2.05, 4.69) is 153 Å². The lowest BCUT2D eigenvalue weighted by atomic mass is 9.80. The smallest absolute Gasteiger partial charge is 0.143 e. The van der Waals surface area contributed by atoms with Gasteiger partial charge < -0.3 is 14.2 Å². The van der Waals surface area contributed by atoms with Crippen molar-refractivity contribution in [3.05, 3.63) is 215 Å². The number of ether oxygens (including phenoxy) is 3. The van der Waals surface area contributed by atoms with Crippen LogP contribution in [-0.4, -0.2) is 25.9 Å². The summed E-state index contributed by atoms with van der Waals surface area (Å²) in [4.78, 5) is 0. The number of benzene rings is 6. The highest BCUT2D eigenvalue weighted by atomic mass is 16.6. The fourth-order valence-electron chi connectivity index (χ4n) is 6.51. The zero-order valence-electron chi connectivity index (χ0n) is 27.7. The summed E-state index contributed by atoms with van der Waals surface area (Å²) in [6.07, 6.45) is 1.65. The van der Waals surface area contributed by atoms with E-state index in [-0.39, 0.29) is 6.10 Å². The van der Waals surface area contributed by atoms with Crippen molar-refractivity contribution in [3.8, 4) is 0 Å². The van der Waals surface area contributed by atoms with Crippen LogP contribution in [0.4, 0.5) is 0 Å². The average Bonchev–Trinajstić information content (AvgIpc) is 3.17. The van der Waals surface area contributed by atoms with Gasteiger partial charge in [-0.25, -0.2) is 0 Å². The van der Waals surface area contributed by atoms with Gasteiger partial charge in [0.1, 0.15) is 17.3 Å². The Kier molecular flexibility index (Phi) is 11.3. The third kappa shape index (κ3) is 7.19. The summed E-state index contributed by atoms with van der Waals surface area (Å²) in [7, 11) is 0. The van der Waals surface area contributed by atoms with Crippen LogP contribution in [0.3, 0.4) is 0 Å². The SMILES string of the molecule is CCCCOC(COC(c1ccccc1)(c1ccccc1)c1ccccc1)COC(c1ccccc1)(c1ccccc1)c1ccccc1. The van der Waals surface area contributed by atoms with E-state index in [0.29, 0.717) is 19.8 Å². The average molecular weight is 633 g/mol. The lowest BCUT2D eigenvalue weighted by Gasteiger charge is -2.39. The third-order valence-electron chi connectivity index (χ3n) is 8.90. The molecule has 0 heterocycles. The van der Waals surface area contributed by atoms with Crippen molar-refractivity contribution in [2.45, 2.75) is 37.1 Å². The Hall–Kier alpha value is -4.80. The molecule has 6 aromatic carbocycles. The summed E-state index contributed by atoms with van der Waals surface area (Å²) in [5.41, 5.74) is 4.64. The highest BCUT2D eigenvalue weighted by Gasteiger charge is 2.40. The number of rotatable bonds is 16. The summed E-state index contributed by atoms with van der Waals surface area (Å²) >= 11 is 0. The molecule has 242 valence electrons. The van der Waals surface area contributed by atoms with Crippen LogP contribution >= 0.6 is 0 Å². The fourth-order valence-corrected chi connectivity index (χ4v) is 6.51. The van der Waals surface area contributed by atoms with E-state index >= 15 is 0 Å². The zero-order valence-corrected chi connectivity index (χ0v) is 27.7. The molecule has 0 N–H and O–H groups in total. The van der Waals surface area contributed by atoms with E-state index in [9.17, 15) is 0 Å². The van der Waals surface area contributed by atoms with Gasteiger partial charge >= 0.3 is 0 Å². The van der Waals surface area contributed by atoms with Crippen molar-refractivity contribution >= 4 is 0 Å². The molecule has 48 heavy (non-hydrogen) atoms. The van der Waals surface area contributed by atoms with E-state index in [1.54, 1.807) is 0 Å².